The number of halogens is 1. The Hall–Kier alpha value is -2.14. The third-order valence-electron chi connectivity index (χ3n) is 2.95. The van der Waals surface area contributed by atoms with Crippen LogP contribution in [-0.4, -0.2) is 24.8 Å². The van der Waals surface area contributed by atoms with Crippen molar-refractivity contribution in [3.8, 4) is 5.69 Å². The van der Waals surface area contributed by atoms with Crippen molar-refractivity contribution in [2.75, 3.05) is 0 Å². The van der Waals surface area contributed by atoms with Gasteiger partial charge in [-0.25, -0.2) is 9.36 Å². The van der Waals surface area contributed by atoms with E-state index in [2.05, 4.69) is 15.4 Å². The Morgan fingerprint density at radius 2 is 2.00 bits per heavy atom. The van der Waals surface area contributed by atoms with Crippen molar-refractivity contribution in [3.05, 3.63) is 60.2 Å². The number of hydrogen-bond acceptors (Lipinski definition) is 3. The van der Waals surface area contributed by atoms with Crippen LogP contribution in [-0.2, 0) is 6.54 Å². The number of alkyl halides is 1. The molecule has 0 N–H and O–H groups in total. The van der Waals surface area contributed by atoms with Crippen molar-refractivity contribution >= 4 is 11.6 Å². The fourth-order valence-corrected chi connectivity index (χ4v) is 2.01. The Kier molecular flexibility index (Phi) is 3.52. The molecule has 0 bridgehead atoms. The second kappa shape index (κ2) is 5.46. The highest BCUT2D eigenvalue weighted by atomic mass is 35.5. The van der Waals surface area contributed by atoms with Gasteiger partial charge in [0.1, 0.15) is 5.69 Å². The molecular formula is C14H14ClN5. The van der Waals surface area contributed by atoms with E-state index >= 15 is 0 Å². The third-order valence-corrected chi connectivity index (χ3v) is 3.18. The number of nitrogens with zero attached hydrogens (tertiary/aromatic N) is 5. The molecule has 0 aliphatic rings. The van der Waals surface area contributed by atoms with Crippen molar-refractivity contribution in [1.82, 2.24) is 24.8 Å². The van der Waals surface area contributed by atoms with Crippen LogP contribution in [0.3, 0.4) is 0 Å². The van der Waals surface area contributed by atoms with Crippen LogP contribution in [0.5, 0.6) is 0 Å². The molecule has 0 radical (unpaired) electrons. The van der Waals surface area contributed by atoms with Crippen LogP contribution in [0.1, 0.15) is 23.7 Å². The predicted octanol–water partition coefficient (Wildman–Crippen LogP) is 2.81. The van der Waals surface area contributed by atoms with Gasteiger partial charge in [-0.15, -0.1) is 16.7 Å². The second-order valence-electron chi connectivity index (χ2n) is 4.54. The molecular weight excluding hydrogens is 274 g/mol. The summed E-state index contributed by atoms with van der Waals surface area (Å²) < 4.78 is 3.59. The maximum absolute atomic E-state index is 5.97. The van der Waals surface area contributed by atoms with E-state index in [1.807, 2.05) is 60.4 Å². The number of hydrogen-bond donors (Lipinski definition) is 0. The van der Waals surface area contributed by atoms with E-state index in [4.69, 9.17) is 11.6 Å². The fourth-order valence-electron chi connectivity index (χ4n) is 1.91. The van der Waals surface area contributed by atoms with Crippen molar-refractivity contribution in [2.45, 2.75) is 18.8 Å². The van der Waals surface area contributed by atoms with Gasteiger partial charge >= 0.3 is 0 Å². The summed E-state index contributed by atoms with van der Waals surface area (Å²) in [5.74, 6) is 0. The maximum atomic E-state index is 5.97. The first kappa shape index (κ1) is 12.9. The quantitative estimate of drug-likeness (QED) is 0.693. The predicted molar refractivity (Wildman–Crippen MR) is 77.0 cm³/mol. The Morgan fingerprint density at radius 1 is 1.20 bits per heavy atom. The lowest BCUT2D eigenvalue weighted by atomic mass is 10.3. The molecule has 0 aliphatic heterocycles. The summed E-state index contributed by atoms with van der Waals surface area (Å²) in [6, 6.07) is 12.0. The molecule has 0 saturated heterocycles. The zero-order chi connectivity index (χ0) is 13.9. The summed E-state index contributed by atoms with van der Waals surface area (Å²) in [5.41, 5.74) is 2.73. The highest BCUT2D eigenvalue weighted by Crippen LogP contribution is 2.15. The summed E-state index contributed by atoms with van der Waals surface area (Å²) in [6.07, 6.45) is 3.78. The minimum atomic E-state index is -0.134. The summed E-state index contributed by atoms with van der Waals surface area (Å²) in [7, 11) is 0. The zero-order valence-corrected chi connectivity index (χ0v) is 11.8. The lowest BCUT2D eigenvalue weighted by molar-refractivity contribution is 0.631. The molecule has 0 saturated carbocycles. The second-order valence-corrected chi connectivity index (χ2v) is 5.20. The minimum Gasteiger partial charge on any atom is -0.246 e. The Labute approximate surface area is 121 Å². The monoisotopic (exact) mass is 287 g/mol. The van der Waals surface area contributed by atoms with Crippen LogP contribution < -0.4 is 0 Å². The van der Waals surface area contributed by atoms with Crippen molar-refractivity contribution < 1.29 is 0 Å². The lowest BCUT2D eigenvalue weighted by Gasteiger charge is -2.00. The number of rotatable bonds is 4. The molecule has 1 aromatic carbocycles. The van der Waals surface area contributed by atoms with Crippen molar-refractivity contribution in [2.24, 2.45) is 0 Å². The van der Waals surface area contributed by atoms with Gasteiger partial charge in [-0.2, -0.15) is 5.10 Å². The molecule has 2 aromatic heterocycles. The molecule has 102 valence electrons. The summed E-state index contributed by atoms with van der Waals surface area (Å²) in [5, 5.41) is 12.5. The SMILES string of the molecule is CC(Cl)c1cn(Cc2ccn(-c3ccccc3)n2)nn1. The zero-order valence-electron chi connectivity index (χ0n) is 11.0. The minimum absolute atomic E-state index is 0.134. The number of para-hydroxylation sites is 1. The molecule has 1 unspecified atom stereocenters. The number of aromatic nitrogens is 5. The van der Waals surface area contributed by atoms with Crippen LogP contribution in [0, 0.1) is 0 Å². The molecule has 1 atom stereocenters. The molecule has 0 spiro atoms. The highest BCUT2D eigenvalue weighted by molar-refractivity contribution is 6.20. The Balaban J connectivity index is 1.77. The normalized spacial score (nSPS) is 12.5. The van der Waals surface area contributed by atoms with Crippen molar-refractivity contribution in [1.29, 1.82) is 0 Å². The molecule has 0 fully saturated rings. The van der Waals surface area contributed by atoms with Crippen LogP contribution in [0.15, 0.2) is 48.8 Å². The number of benzene rings is 1. The van der Waals surface area contributed by atoms with E-state index in [-0.39, 0.29) is 5.38 Å². The molecule has 0 aliphatic carbocycles. The molecule has 20 heavy (non-hydrogen) atoms. The van der Waals surface area contributed by atoms with E-state index in [1.165, 1.54) is 0 Å². The summed E-state index contributed by atoms with van der Waals surface area (Å²) in [4.78, 5) is 0. The smallest absolute Gasteiger partial charge is 0.100 e. The first-order chi connectivity index (χ1) is 9.72. The lowest BCUT2D eigenvalue weighted by Crippen LogP contribution is -2.02. The van der Waals surface area contributed by atoms with Gasteiger partial charge in [0.25, 0.3) is 0 Å². The summed E-state index contributed by atoms with van der Waals surface area (Å²) >= 11 is 5.97. The maximum Gasteiger partial charge on any atom is 0.100 e. The van der Waals surface area contributed by atoms with Gasteiger partial charge in [-0.3, -0.25) is 0 Å². The first-order valence-corrected chi connectivity index (χ1v) is 6.80. The van der Waals surface area contributed by atoms with E-state index in [9.17, 15) is 0 Å². The molecule has 3 rings (SSSR count). The van der Waals surface area contributed by atoms with Gasteiger partial charge in [0.2, 0.25) is 0 Å². The van der Waals surface area contributed by atoms with Gasteiger partial charge in [0, 0.05) is 6.20 Å². The van der Waals surface area contributed by atoms with Gasteiger partial charge < -0.3 is 0 Å². The molecule has 5 nitrogen and oxygen atoms in total. The van der Waals surface area contributed by atoms with E-state index < -0.39 is 0 Å². The van der Waals surface area contributed by atoms with Crippen LogP contribution in [0.4, 0.5) is 0 Å². The molecule has 2 heterocycles. The average molecular weight is 288 g/mol. The fraction of sp³-hybridized carbons (Fsp3) is 0.214. The van der Waals surface area contributed by atoms with Gasteiger partial charge in [-0.1, -0.05) is 23.4 Å². The Bertz CT molecular complexity index is 686. The van der Waals surface area contributed by atoms with E-state index in [1.54, 1.807) is 4.68 Å². The van der Waals surface area contributed by atoms with E-state index in [0.29, 0.717) is 6.54 Å². The van der Waals surface area contributed by atoms with Crippen LogP contribution in [0.25, 0.3) is 5.69 Å². The van der Waals surface area contributed by atoms with Gasteiger partial charge in [0.15, 0.2) is 0 Å². The van der Waals surface area contributed by atoms with Crippen LogP contribution >= 0.6 is 11.6 Å². The van der Waals surface area contributed by atoms with Crippen LogP contribution in [0.2, 0.25) is 0 Å². The third kappa shape index (κ3) is 2.72. The average Bonchev–Trinajstić information content (AvgIpc) is 3.10. The summed E-state index contributed by atoms with van der Waals surface area (Å²) in [6.45, 7) is 2.45. The molecule has 6 heteroatoms. The van der Waals surface area contributed by atoms with E-state index in [0.717, 1.165) is 17.1 Å². The highest BCUT2D eigenvalue weighted by Gasteiger charge is 2.08. The molecule has 3 aromatic rings. The van der Waals surface area contributed by atoms with Gasteiger partial charge in [-0.05, 0) is 25.1 Å². The van der Waals surface area contributed by atoms with Crippen molar-refractivity contribution in [3.63, 3.8) is 0 Å². The van der Waals surface area contributed by atoms with Gasteiger partial charge in [0.05, 0.1) is 29.5 Å². The largest absolute Gasteiger partial charge is 0.246 e. The standard InChI is InChI=1S/C14H14ClN5/c1-11(15)14-10-19(18-16-14)9-12-7-8-20(17-12)13-5-3-2-4-6-13/h2-8,10-11H,9H2,1H3. The topological polar surface area (TPSA) is 48.5 Å². The first-order valence-electron chi connectivity index (χ1n) is 6.36. The molecule has 0 amide bonds. The Morgan fingerprint density at radius 3 is 2.70 bits per heavy atom.